The molecule has 0 amide bonds. The SMILES string of the molecule is Cn1/c(=N/NCc2cccc3ccccc23)sc2ccccc21. The van der Waals surface area contributed by atoms with E-state index in [1.54, 1.807) is 11.3 Å². The molecular weight excluding hydrogens is 302 g/mol. The molecule has 0 aliphatic rings. The number of hydrogen-bond acceptors (Lipinski definition) is 3. The molecule has 3 nitrogen and oxygen atoms in total. The van der Waals surface area contributed by atoms with E-state index in [1.165, 1.54) is 26.6 Å². The van der Waals surface area contributed by atoms with Crippen LogP contribution in [0.1, 0.15) is 5.56 Å². The Morgan fingerprint density at radius 2 is 1.74 bits per heavy atom. The molecule has 0 aliphatic heterocycles. The van der Waals surface area contributed by atoms with Crippen molar-refractivity contribution in [3.8, 4) is 0 Å². The number of rotatable bonds is 3. The van der Waals surface area contributed by atoms with Crippen molar-refractivity contribution in [3.63, 3.8) is 0 Å². The van der Waals surface area contributed by atoms with Gasteiger partial charge in [0.15, 0.2) is 0 Å². The fraction of sp³-hybridized carbons (Fsp3) is 0.105. The number of thiazole rings is 1. The van der Waals surface area contributed by atoms with E-state index >= 15 is 0 Å². The van der Waals surface area contributed by atoms with Gasteiger partial charge in [-0.15, -0.1) is 0 Å². The Bertz CT molecular complexity index is 1040. The largest absolute Gasteiger partial charge is 0.318 e. The third-order valence-electron chi connectivity index (χ3n) is 4.04. The second kappa shape index (κ2) is 5.89. The van der Waals surface area contributed by atoms with Crippen LogP contribution >= 0.6 is 11.3 Å². The predicted molar refractivity (Wildman–Crippen MR) is 97.1 cm³/mol. The molecule has 0 saturated carbocycles. The van der Waals surface area contributed by atoms with Crippen molar-refractivity contribution in [2.75, 3.05) is 0 Å². The number of nitrogens with one attached hydrogen (secondary N) is 1. The quantitative estimate of drug-likeness (QED) is 0.568. The summed E-state index contributed by atoms with van der Waals surface area (Å²) < 4.78 is 3.37. The van der Waals surface area contributed by atoms with Gasteiger partial charge in [-0.1, -0.05) is 65.9 Å². The van der Waals surface area contributed by atoms with Crippen molar-refractivity contribution in [1.29, 1.82) is 0 Å². The lowest BCUT2D eigenvalue weighted by atomic mass is 10.1. The third kappa shape index (κ3) is 2.62. The molecule has 23 heavy (non-hydrogen) atoms. The summed E-state index contributed by atoms with van der Waals surface area (Å²) in [5, 5.41) is 7.12. The number of fused-ring (bicyclic) bond motifs is 2. The molecule has 0 unspecified atom stereocenters. The molecule has 1 aromatic heterocycles. The van der Waals surface area contributed by atoms with Crippen molar-refractivity contribution < 1.29 is 0 Å². The highest BCUT2D eigenvalue weighted by Crippen LogP contribution is 2.18. The number of nitrogens with zero attached hydrogens (tertiary/aromatic N) is 2. The normalized spacial score (nSPS) is 12.1. The first-order chi connectivity index (χ1) is 11.3. The molecule has 4 aromatic rings. The Morgan fingerprint density at radius 3 is 2.65 bits per heavy atom. The first-order valence-electron chi connectivity index (χ1n) is 7.61. The third-order valence-corrected chi connectivity index (χ3v) is 5.15. The molecule has 0 fully saturated rings. The van der Waals surface area contributed by atoms with Crippen LogP contribution in [0.2, 0.25) is 0 Å². The Balaban J connectivity index is 1.64. The lowest BCUT2D eigenvalue weighted by molar-refractivity contribution is 0.703. The van der Waals surface area contributed by atoms with Crippen LogP contribution in [0.15, 0.2) is 71.8 Å². The van der Waals surface area contributed by atoms with Crippen molar-refractivity contribution >= 4 is 32.3 Å². The first kappa shape index (κ1) is 14.0. The topological polar surface area (TPSA) is 29.3 Å². The van der Waals surface area contributed by atoms with Gasteiger partial charge in [-0.05, 0) is 28.5 Å². The molecule has 1 heterocycles. The van der Waals surface area contributed by atoms with E-state index in [-0.39, 0.29) is 0 Å². The molecule has 114 valence electrons. The molecule has 0 atom stereocenters. The summed E-state index contributed by atoms with van der Waals surface area (Å²) in [5.41, 5.74) is 5.70. The smallest absolute Gasteiger partial charge is 0.208 e. The van der Waals surface area contributed by atoms with Gasteiger partial charge in [0.1, 0.15) is 0 Å². The highest BCUT2D eigenvalue weighted by atomic mass is 32.1. The summed E-state index contributed by atoms with van der Waals surface area (Å²) in [6.45, 7) is 0.718. The van der Waals surface area contributed by atoms with Crippen LogP contribution in [0.4, 0.5) is 0 Å². The van der Waals surface area contributed by atoms with E-state index in [0.717, 1.165) is 11.3 Å². The van der Waals surface area contributed by atoms with Crippen molar-refractivity contribution in [2.45, 2.75) is 6.54 Å². The lowest BCUT2D eigenvalue weighted by Crippen LogP contribution is -2.17. The van der Waals surface area contributed by atoms with Crippen LogP contribution in [0, 0.1) is 0 Å². The number of aromatic nitrogens is 1. The highest BCUT2D eigenvalue weighted by Gasteiger charge is 2.02. The van der Waals surface area contributed by atoms with E-state index in [4.69, 9.17) is 0 Å². The van der Waals surface area contributed by atoms with Crippen LogP contribution < -0.4 is 10.2 Å². The van der Waals surface area contributed by atoms with E-state index in [9.17, 15) is 0 Å². The maximum atomic E-state index is 4.58. The van der Waals surface area contributed by atoms with Gasteiger partial charge in [-0.3, -0.25) is 0 Å². The fourth-order valence-corrected chi connectivity index (χ4v) is 3.83. The van der Waals surface area contributed by atoms with E-state index < -0.39 is 0 Å². The van der Waals surface area contributed by atoms with Crippen LogP contribution in [0.25, 0.3) is 21.0 Å². The van der Waals surface area contributed by atoms with Crippen molar-refractivity contribution in [3.05, 3.63) is 77.1 Å². The van der Waals surface area contributed by atoms with Crippen LogP contribution in [0.3, 0.4) is 0 Å². The highest BCUT2D eigenvalue weighted by molar-refractivity contribution is 7.16. The second-order valence-corrected chi connectivity index (χ2v) is 6.51. The predicted octanol–water partition coefficient (Wildman–Crippen LogP) is 4.00. The summed E-state index contributed by atoms with van der Waals surface area (Å²) in [7, 11) is 2.05. The van der Waals surface area contributed by atoms with Gasteiger partial charge in [0.05, 0.1) is 16.8 Å². The molecule has 4 rings (SSSR count). The summed E-state index contributed by atoms with van der Waals surface area (Å²) in [4.78, 5) is 0.978. The Hall–Kier alpha value is -2.59. The zero-order valence-corrected chi connectivity index (χ0v) is 13.7. The maximum absolute atomic E-state index is 4.58. The molecule has 0 spiro atoms. The summed E-state index contributed by atoms with van der Waals surface area (Å²) >= 11 is 1.70. The number of benzene rings is 3. The van der Waals surface area contributed by atoms with Crippen LogP contribution in [-0.2, 0) is 13.6 Å². The molecule has 0 aliphatic carbocycles. The van der Waals surface area contributed by atoms with Gasteiger partial charge in [0.25, 0.3) is 0 Å². The van der Waals surface area contributed by atoms with E-state index in [0.29, 0.717) is 0 Å². The molecule has 3 aromatic carbocycles. The van der Waals surface area contributed by atoms with Crippen molar-refractivity contribution in [2.24, 2.45) is 12.1 Å². The van der Waals surface area contributed by atoms with Gasteiger partial charge in [-0.25, -0.2) is 0 Å². The van der Waals surface area contributed by atoms with E-state index in [2.05, 4.69) is 88.9 Å². The van der Waals surface area contributed by atoms with Crippen LogP contribution in [0.5, 0.6) is 0 Å². The van der Waals surface area contributed by atoms with Gasteiger partial charge < -0.3 is 9.99 Å². The lowest BCUT2D eigenvalue weighted by Gasteiger charge is -2.05. The van der Waals surface area contributed by atoms with E-state index in [1.807, 2.05) is 0 Å². The fourth-order valence-electron chi connectivity index (χ4n) is 2.83. The average Bonchev–Trinajstić information content (AvgIpc) is 2.92. The van der Waals surface area contributed by atoms with Gasteiger partial charge in [-0.2, -0.15) is 5.10 Å². The molecule has 1 N–H and O–H groups in total. The Morgan fingerprint density at radius 1 is 0.957 bits per heavy atom. The zero-order valence-electron chi connectivity index (χ0n) is 12.9. The Kier molecular flexibility index (Phi) is 3.60. The molecular formula is C19H17N3S. The minimum Gasteiger partial charge on any atom is -0.318 e. The maximum Gasteiger partial charge on any atom is 0.208 e. The molecule has 4 heteroatoms. The molecule has 0 saturated heterocycles. The van der Waals surface area contributed by atoms with Crippen molar-refractivity contribution in [1.82, 2.24) is 9.99 Å². The molecule has 0 radical (unpaired) electrons. The van der Waals surface area contributed by atoms with Crippen LogP contribution in [-0.4, -0.2) is 4.57 Å². The van der Waals surface area contributed by atoms with Gasteiger partial charge in [0, 0.05) is 7.05 Å². The van der Waals surface area contributed by atoms with Gasteiger partial charge >= 0.3 is 0 Å². The molecule has 0 bridgehead atoms. The summed E-state index contributed by atoms with van der Waals surface area (Å²) in [6, 6.07) is 23.2. The minimum absolute atomic E-state index is 0.718. The number of para-hydroxylation sites is 1. The second-order valence-electron chi connectivity index (χ2n) is 5.50. The summed E-state index contributed by atoms with van der Waals surface area (Å²) in [6.07, 6.45) is 0. The number of hydrogen-bond donors (Lipinski definition) is 1. The zero-order chi connectivity index (χ0) is 15.6. The Labute approximate surface area is 138 Å². The minimum atomic E-state index is 0.718. The standard InChI is InChI=1S/C19H17N3S/c1-22-17-11-4-5-12-18(17)23-19(22)21-20-13-15-9-6-8-14-7-2-3-10-16(14)15/h2-12,20H,13H2,1H3/b21-19-. The van der Waals surface area contributed by atoms with Gasteiger partial charge in [0.2, 0.25) is 4.80 Å². The average molecular weight is 319 g/mol. The summed E-state index contributed by atoms with van der Waals surface area (Å²) in [5.74, 6) is 0. The number of aryl methyl sites for hydroxylation is 1. The monoisotopic (exact) mass is 319 g/mol. The first-order valence-corrected chi connectivity index (χ1v) is 8.42.